The molecule has 1 aromatic rings. The molecule has 3 rings (SSSR count). The first kappa shape index (κ1) is 13.3. The molecular weight excluding hydrogens is 252 g/mol. The number of hydrogen-bond acceptors (Lipinski definition) is 3. The zero-order valence-electron chi connectivity index (χ0n) is 12.0. The Bertz CT molecular complexity index is 565. The van der Waals surface area contributed by atoms with Gasteiger partial charge in [-0.2, -0.15) is 0 Å². The minimum Gasteiger partial charge on any atom is -0.481 e. The Labute approximate surface area is 119 Å². The first-order valence-electron chi connectivity index (χ1n) is 7.15. The monoisotopic (exact) mass is 272 g/mol. The van der Waals surface area contributed by atoms with Crippen LogP contribution in [0.2, 0.25) is 0 Å². The average molecular weight is 272 g/mol. The van der Waals surface area contributed by atoms with Crippen LogP contribution in [-0.2, 0) is 11.3 Å². The molecule has 4 nitrogen and oxygen atoms in total. The van der Waals surface area contributed by atoms with Gasteiger partial charge in [-0.1, -0.05) is 19.9 Å². The highest BCUT2D eigenvalue weighted by molar-refractivity contribution is 6.09. The zero-order chi connectivity index (χ0) is 14.4. The minimum atomic E-state index is -0.757. The zero-order valence-corrected chi connectivity index (χ0v) is 12.0. The third-order valence-electron chi connectivity index (χ3n) is 5.44. The number of aromatic nitrogens is 1. The molecule has 0 spiro atoms. The largest absolute Gasteiger partial charge is 0.481 e. The van der Waals surface area contributed by atoms with Gasteiger partial charge in [0.2, 0.25) is 0 Å². The lowest BCUT2D eigenvalue weighted by molar-refractivity contribution is -0.148. The predicted molar refractivity (Wildman–Crippen MR) is 76.6 cm³/mol. The van der Waals surface area contributed by atoms with Crippen LogP contribution in [0.15, 0.2) is 29.4 Å². The van der Waals surface area contributed by atoms with Crippen molar-refractivity contribution in [3.05, 3.63) is 30.1 Å². The third-order valence-corrected chi connectivity index (χ3v) is 5.44. The van der Waals surface area contributed by atoms with Gasteiger partial charge in [0.1, 0.15) is 5.41 Å². The molecule has 2 unspecified atom stereocenters. The molecule has 4 heteroatoms. The Balaban J connectivity index is 1.93. The molecule has 2 saturated carbocycles. The van der Waals surface area contributed by atoms with Gasteiger partial charge in [-0.3, -0.25) is 14.8 Å². The second-order valence-corrected chi connectivity index (χ2v) is 6.46. The molecule has 0 aromatic carbocycles. The number of rotatable bonds is 3. The number of pyridine rings is 1. The van der Waals surface area contributed by atoms with E-state index in [9.17, 15) is 9.90 Å². The van der Waals surface area contributed by atoms with Crippen LogP contribution in [-0.4, -0.2) is 21.8 Å². The van der Waals surface area contributed by atoms with Crippen LogP contribution in [0, 0.1) is 16.7 Å². The lowest BCUT2D eigenvalue weighted by Gasteiger charge is -2.34. The SMILES string of the molecule is CC1(C)C2CCC1(C(=O)O)C(=NCc1ccccn1)C2. The van der Waals surface area contributed by atoms with Crippen molar-refractivity contribution in [1.29, 1.82) is 0 Å². The summed E-state index contributed by atoms with van der Waals surface area (Å²) < 4.78 is 0. The molecular formula is C16H20N2O2. The number of nitrogens with zero attached hydrogens (tertiary/aromatic N) is 2. The van der Waals surface area contributed by atoms with E-state index >= 15 is 0 Å². The number of aliphatic imine (C=N–C) groups is 1. The van der Waals surface area contributed by atoms with Gasteiger partial charge < -0.3 is 5.11 Å². The molecule has 2 aliphatic carbocycles. The van der Waals surface area contributed by atoms with Crippen molar-refractivity contribution in [3.63, 3.8) is 0 Å². The van der Waals surface area contributed by atoms with Gasteiger partial charge in [0, 0.05) is 11.9 Å². The standard InChI is InChI=1S/C16H20N2O2/c1-15(2)11-6-7-16(15,14(19)20)13(9-11)18-10-12-5-3-4-8-17-12/h3-5,8,11H,6-7,9-10H2,1-2H3,(H,19,20). The smallest absolute Gasteiger partial charge is 0.315 e. The number of hydrogen-bond donors (Lipinski definition) is 1. The summed E-state index contributed by atoms with van der Waals surface area (Å²) in [5.41, 5.74) is 0.812. The summed E-state index contributed by atoms with van der Waals surface area (Å²) in [6.07, 6.45) is 4.29. The van der Waals surface area contributed by atoms with E-state index < -0.39 is 11.4 Å². The van der Waals surface area contributed by atoms with Gasteiger partial charge in [-0.25, -0.2) is 0 Å². The normalized spacial score (nSPS) is 32.7. The van der Waals surface area contributed by atoms with Crippen LogP contribution < -0.4 is 0 Å². The summed E-state index contributed by atoms with van der Waals surface area (Å²) in [5.74, 6) is -0.261. The van der Waals surface area contributed by atoms with E-state index in [1.54, 1.807) is 6.20 Å². The number of carbonyl (C=O) groups is 1. The fraction of sp³-hybridized carbons (Fsp3) is 0.562. The van der Waals surface area contributed by atoms with Gasteiger partial charge in [-0.15, -0.1) is 0 Å². The van der Waals surface area contributed by atoms with Crippen molar-refractivity contribution in [2.75, 3.05) is 0 Å². The second-order valence-electron chi connectivity index (χ2n) is 6.46. The number of fused-ring (bicyclic) bond motifs is 2. The Hall–Kier alpha value is -1.71. The first-order valence-corrected chi connectivity index (χ1v) is 7.15. The van der Waals surface area contributed by atoms with Crippen molar-refractivity contribution >= 4 is 11.7 Å². The Kier molecular flexibility index (Phi) is 2.92. The second kappa shape index (κ2) is 4.40. The molecule has 2 fully saturated rings. The van der Waals surface area contributed by atoms with Gasteiger partial charge in [0.25, 0.3) is 0 Å². The predicted octanol–water partition coefficient (Wildman–Crippen LogP) is 2.93. The van der Waals surface area contributed by atoms with E-state index in [1.807, 2.05) is 18.2 Å². The summed E-state index contributed by atoms with van der Waals surface area (Å²) in [6.45, 7) is 4.65. The van der Waals surface area contributed by atoms with Crippen LogP contribution >= 0.6 is 0 Å². The van der Waals surface area contributed by atoms with Crippen molar-refractivity contribution < 1.29 is 9.90 Å². The maximum Gasteiger partial charge on any atom is 0.315 e. The molecule has 1 heterocycles. The summed E-state index contributed by atoms with van der Waals surface area (Å²) in [5, 5.41) is 9.80. The maximum atomic E-state index is 11.9. The highest BCUT2D eigenvalue weighted by Crippen LogP contribution is 2.64. The van der Waals surface area contributed by atoms with E-state index in [2.05, 4.69) is 23.8 Å². The van der Waals surface area contributed by atoms with Crippen LogP contribution in [0.3, 0.4) is 0 Å². The lowest BCUT2D eigenvalue weighted by Crippen LogP contribution is -2.43. The van der Waals surface area contributed by atoms with Crippen LogP contribution in [0.4, 0.5) is 0 Å². The molecule has 0 amide bonds. The molecule has 2 aliphatic rings. The number of carboxylic acid groups (broad SMARTS) is 1. The highest BCUT2D eigenvalue weighted by Gasteiger charge is 2.66. The fourth-order valence-corrected chi connectivity index (χ4v) is 4.08. The molecule has 1 N–H and O–H groups in total. The fourth-order valence-electron chi connectivity index (χ4n) is 4.08. The van der Waals surface area contributed by atoms with Crippen molar-refractivity contribution in [1.82, 2.24) is 4.98 Å². The van der Waals surface area contributed by atoms with Crippen LogP contribution in [0.25, 0.3) is 0 Å². The van der Waals surface area contributed by atoms with Crippen molar-refractivity contribution in [2.45, 2.75) is 39.7 Å². The molecule has 0 aliphatic heterocycles. The molecule has 2 bridgehead atoms. The first-order chi connectivity index (χ1) is 9.48. The van der Waals surface area contributed by atoms with Gasteiger partial charge >= 0.3 is 5.97 Å². The van der Waals surface area contributed by atoms with Gasteiger partial charge in [0.05, 0.1) is 12.2 Å². The van der Waals surface area contributed by atoms with Crippen molar-refractivity contribution in [3.8, 4) is 0 Å². The van der Waals surface area contributed by atoms with Gasteiger partial charge in [-0.05, 0) is 42.7 Å². The highest BCUT2D eigenvalue weighted by atomic mass is 16.4. The Morgan fingerprint density at radius 3 is 2.90 bits per heavy atom. The van der Waals surface area contributed by atoms with E-state index in [4.69, 9.17) is 0 Å². The molecule has 106 valence electrons. The van der Waals surface area contributed by atoms with E-state index in [1.165, 1.54) is 0 Å². The molecule has 2 atom stereocenters. The van der Waals surface area contributed by atoms with E-state index in [0.717, 1.165) is 30.7 Å². The van der Waals surface area contributed by atoms with E-state index in [-0.39, 0.29) is 5.41 Å². The number of carboxylic acids is 1. The molecule has 0 radical (unpaired) electrons. The van der Waals surface area contributed by atoms with Crippen LogP contribution in [0.5, 0.6) is 0 Å². The lowest BCUT2D eigenvalue weighted by atomic mass is 9.68. The van der Waals surface area contributed by atoms with Gasteiger partial charge in [0.15, 0.2) is 0 Å². The topological polar surface area (TPSA) is 62.5 Å². The van der Waals surface area contributed by atoms with Crippen LogP contribution in [0.1, 0.15) is 38.8 Å². The number of aliphatic carboxylic acids is 1. The Morgan fingerprint density at radius 1 is 1.50 bits per heavy atom. The Morgan fingerprint density at radius 2 is 2.30 bits per heavy atom. The maximum absolute atomic E-state index is 11.9. The summed E-state index contributed by atoms with van der Waals surface area (Å²) in [6, 6.07) is 5.73. The summed E-state index contributed by atoms with van der Waals surface area (Å²) in [4.78, 5) is 20.8. The summed E-state index contributed by atoms with van der Waals surface area (Å²) in [7, 11) is 0. The third kappa shape index (κ3) is 1.63. The quantitative estimate of drug-likeness (QED) is 0.920. The van der Waals surface area contributed by atoms with E-state index in [0.29, 0.717) is 12.5 Å². The summed E-state index contributed by atoms with van der Waals surface area (Å²) >= 11 is 0. The molecule has 0 saturated heterocycles. The molecule has 20 heavy (non-hydrogen) atoms. The minimum absolute atomic E-state index is 0.193. The molecule has 1 aromatic heterocycles. The average Bonchev–Trinajstić information content (AvgIpc) is 2.82. The van der Waals surface area contributed by atoms with Crippen molar-refractivity contribution in [2.24, 2.45) is 21.7 Å².